The van der Waals surface area contributed by atoms with E-state index in [1.165, 1.54) is 0 Å². The van der Waals surface area contributed by atoms with Crippen LogP contribution in [0.3, 0.4) is 0 Å². The molecule has 0 saturated heterocycles. The molecule has 0 fully saturated rings. The smallest absolute Gasteiger partial charge is 0.693 e. The third-order valence-electron chi connectivity index (χ3n) is 0. The molecule has 0 rings (SSSR count). The van der Waals surface area contributed by atoms with Crippen LogP contribution in [0.1, 0.15) is 0 Å². The maximum atomic E-state index is 5.49. The van der Waals surface area contributed by atoms with Crippen molar-refractivity contribution in [1.82, 2.24) is 0 Å². The molecule has 0 aromatic heterocycles. The van der Waals surface area contributed by atoms with Crippen molar-refractivity contribution in [3.63, 3.8) is 0 Å². The monoisotopic (exact) mass is 217 g/mol. The average Bonchev–Trinajstić information content (AvgIpc) is 1.12. The van der Waals surface area contributed by atoms with E-state index in [0.29, 0.717) is 0 Å². The molecule has 0 aliphatic carbocycles. The van der Waals surface area contributed by atoms with Crippen LogP contribution in [0.4, 0.5) is 0 Å². The van der Waals surface area contributed by atoms with Crippen LogP contribution in [0.2, 0.25) is 39.3 Å². The summed E-state index contributed by atoms with van der Waals surface area (Å²) in [6.07, 6.45) is 0. The zero-order valence-corrected chi connectivity index (χ0v) is 13.7. The van der Waals surface area contributed by atoms with Crippen molar-refractivity contribution in [1.29, 1.82) is 0 Å². The van der Waals surface area contributed by atoms with Gasteiger partial charge in [-0.2, -0.15) is 0 Å². The molecule has 0 bridgehead atoms. The van der Waals surface area contributed by atoms with E-state index >= 15 is 0 Å². The normalized spacial score (nSPS) is 10.0. The molecule has 0 amide bonds. The van der Waals surface area contributed by atoms with E-state index in [1.54, 1.807) is 0 Å². The number of rotatable bonds is 0. The molecule has 0 aromatic carbocycles. The van der Waals surface area contributed by atoms with E-state index in [2.05, 4.69) is 39.3 Å². The van der Waals surface area contributed by atoms with Crippen molar-refractivity contribution in [2.75, 3.05) is 0 Å². The molecular formula is C6H24N3NaSi2. The molecule has 0 aromatic rings. The first-order chi connectivity index (χ1) is 4.00. The van der Waals surface area contributed by atoms with Gasteiger partial charge in [0.2, 0.25) is 0 Å². The summed E-state index contributed by atoms with van der Waals surface area (Å²) in [5.41, 5.74) is 0. The van der Waals surface area contributed by atoms with Crippen LogP contribution in [0.15, 0.2) is 0 Å². The molecule has 6 N–H and O–H groups in total. The molecule has 6 heteroatoms. The van der Waals surface area contributed by atoms with Crippen LogP contribution in [0.25, 0.3) is 6.15 Å². The number of hydrogen-bond acceptors (Lipinski definition) is 2. The maximum absolute atomic E-state index is 5.49. The third-order valence-corrected chi connectivity index (χ3v) is 0. The Kier molecular flexibility index (Phi) is 17.2. The quantitative estimate of drug-likeness (QED) is 0.525. The molecule has 0 aliphatic rings. The van der Waals surface area contributed by atoms with Crippen LogP contribution in [-0.4, -0.2) is 16.5 Å². The van der Waals surface area contributed by atoms with Crippen LogP contribution in [0.5, 0.6) is 0 Å². The Labute approximate surface area is 102 Å². The first kappa shape index (κ1) is 23.3. The fraction of sp³-hybridized carbons (Fsp3) is 1.00. The van der Waals surface area contributed by atoms with Gasteiger partial charge in [-0.15, -0.1) is 0 Å². The molecular weight excluding hydrogens is 193 g/mol. The van der Waals surface area contributed by atoms with Gasteiger partial charge in [0.15, 0.2) is 0 Å². The molecule has 0 radical (unpaired) electrons. The van der Waals surface area contributed by atoms with E-state index in [-0.39, 0.29) is 35.7 Å². The second-order valence-electron chi connectivity index (χ2n) is 4.73. The van der Waals surface area contributed by atoms with Gasteiger partial charge >= 0.3 is 29.6 Å². The summed E-state index contributed by atoms with van der Waals surface area (Å²) < 4.78 is 0. The van der Waals surface area contributed by atoms with Gasteiger partial charge in [-0.25, -0.2) is 0 Å². The topological polar surface area (TPSA) is 85.5 Å². The van der Waals surface area contributed by atoms with Crippen molar-refractivity contribution >= 4 is 16.5 Å². The maximum Gasteiger partial charge on any atom is 1.00 e. The van der Waals surface area contributed by atoms with Crippen molar-refractivity contribution in [3.8, 4) is 0 Å². The summed E-state index contributed by atoms with van der Waals surface area (Å²) in [5, 5.41) is 11.0. The Morgan fingerprint density at radius 1 is 0.667 bits per heavy atom. The predicted molar refractivity (Wildman–Crippen MR) is 60.4 cm³/mol. The second-order valence-corrected chi connectivity index (χ2v) is 14.2. The third kappa shape index (κ3) is 697. The zero-order chi connectivity index (χ0) is 9.00. The van der Waals surface area contributed by atoms with Crippen LogP contribution >= 0.6 is 0 Å². The van der Waals surface area contributed by atoms with Gasteiger partial charge in [-0.3, -0.25) is 0 Å². The molecule has 0 saturated carbocycles. The minimum atomic E-state index is -1.11. The minimum absolute atomic E-state index is 0. The van der Waals surface area contributed by atoms with E-state index in [0.717, 1.165) is 0 Å². The molecule has 12 heavy (non-hydrogen) atoms. The SMILES string of the molecule is C[Si](C)(C)N.C[Si](C)(C)N.[NH2-].[Na+]. The number of nitrogens with two attached hydrogens (primary N) is 3. The Morgan fingerprint density at radius 2 is 0.667 bits per heavy atom. The summed E-state index contributed by atoms with van der Waals surface area (Å²) in [4.78, 5) is 0. The summed E-state index contributed by atoms with van der Waals surface area (Å²) in [6, 6.07) is 0. The summed E-state index contributed by atoms with van der Waals surface area (Å²) in [7, 11) is -2.22. The molecule has 0 atom stereocenters. The molecule has 0 unspecified atom stereocenters. The van der Waals surface area contributed by atoms with Crippen molar-refractivity contribution in [3.05, 3.63) is 6.15 Å². The Bertz CT molecular complexity index is 63.8. The molecule has 0 spiro atoms. The van der Waals surface area contributed by atoms with E-state index in [1.807, 2.05) is 0 Å². The van der Waals surface area contributed by atoms with Gasteiger partial charge in [-0.1, -0.05) is 39.3 Å². The second kappa shape index (κ2) is 8.89. The first-order valence-electron chi connectivity index (χ1n) is 3.58. The van der Waals surface area contributed by atoms with Crippen molar-refractivity contribution < 1.29 is 29.6 Å². The predicted octanol–water partition coefficient (Wildman–Crippen LogP) is -0.719. The van der Waals surface area contributed by atoms with Gasteiger partial charge in [0.25, 0.3) is 0 Å². The van der Waals surface area contributed by atoms with Gasteiger partial charge < -0.3 is 16.9 Å². The Balaban J connectivity index is -0.0000000457. The molecule has 0 aliphatic heterocycles. The van der Waals surface area contributed by atoms with Crippen LogP contribution < -0.4 is 40.4 Å². The number of hydrogen-bond donors (Lipinski definition) is 2. The fourth-order valence-electron chi connectivity index (χ4n) is 0. The van der Waals surface area contributed by atoms with Gasteiger partial charge in [0, 0.05) is 0 Å². The van der Waals surface area contributed by atoms with Crippen molar-refractivity contribution in [2.45, 2.75) is 39.3 Å². The summed E-state index contributed by atoms with van der Waals surface area (Å²) >= 11 is 0. The Hall–Kier alpha value is 1.31. The molecule has 0 heterocycles. The van der Waals surface area contributed by atoms with Crippen molar-refractivity contribution in [2.24, 2.45) is 10.8 Å². The largest absolute Gasteiger partial charge is 1.00 e. The molecule has 3 nitrogen and oxygen atoms in total. The first-order valence-corrected chi connectivity index (χ1v) is 10.7. The summed E-state index contributed by atoms with van der Waals surface area (Å²) in [6.45, 7) is 12.6. The van der Waals surface area contributed by atoms with E-state index in [9.17, 15) is 0 Å². The van der Waals surface area contributed by atoms with Gasteiger partial charge in [0.1, 0.15) is 16.5 Å². The minimum Gasteiger partial charge on any atom is -0.693 e. The van der Waals surface area contributed by atoms with Gasteiger partial charge in [0.05, 0.1) is 0 Å². The average molecular weight is 217 g/mol. The van der Waals surface area contributed by atoms with Crippen LogP contribution in [-0.2, 0) is 0 Å². The van der Waals surface area contributed by atoms with E-state index < -0.39 is 16.5 Å². The Morgan fingerprint density at radius 3 is 0.667 bits per heavy atom. The standard InChI is InChI=1S/2C3H11NSi.H2N.Na/c2*1-5(2,3)4;;/h2*4H2,1-3H3;1H2;/q;;-1;+1. The molecule has 72 valence electrons. The van der Waals surface area contributed by atoms with E-state index in [4.69, 9.17) is 10.8 Å². The zero-order valence-electron chi connectivity index (χ0n) is 9.73. The fourth-order valence-corrected chi connectivity index (χ4v) is 0. The van der Waals surface area contributed by atoms with Gasteiger partial charge in [-0.05, 0) is 0 Å². The summed E-state index contributed by atoms with van der Waals surface area (Å²) in [5.74, 6) is 0. The van der Waals surface area contributed by atoms with Crippen LogP contribution in [0, 0.1) is 0 Å².